The third-order valence-corrected chi connectivity index (χ3v) is 2.94. The molecule has 3 rings (SSSR count). The molecule has 0 unspecified atom stereocenters. The summed E-state index contributed by atoms with van der Waals surface area (Å²) in [5.74, 6) is -4.92. The molecule has 0 radical (unpaired) electrons. The molecule has 156 valence electrons. The Balaban J connectivity index is 0.000000429. The molecule has 31 heavy (non-hydrogen) atoms. The molecule has 0 amide bonds. The minimum atomic E-state index is -1.32. The maximum Gasteiger partial charge on any atom is 3.00 e. The topological polar surface area (TPSA) is 220 Å². The van der Waals surface area contributed by atoms with E-state index in [-0.39, 0.29) is 51.7 Å². The standard InChI is InChI=1S/3C6H5NO3.Al/c3*8-5-3-4(6(9)10)1-2-7-5;/h3*1-3H,(H,7,8)(H,9,10);/q;;;+3/p-3. The Morgan fingerprint density at radius 3 is 0.935 bits per heavy atom. The second kappa shape index (κ2) is 13.1. The molecule has 0 aliphatic rings. The van der Waals surface area contributed by atoms with E-state index in [4.69, 9.17) is 15.3 Å². The number of hydrogen-bond donors (Lipinski definition) is 3. The van der Waals surface area contributed by atoms with Crippen molar-refractivity contribution in [2.75, 3.05) is 0 Å². The molecule has 0 fully saturated rings. The van der Waals surface area contributed by atoms with Crippen molar-refractivity contribution in [1.82, 2.24) is 15.0 Å². The van der Waals surface area contributed by atoms with Gasteiger partial charge in [-0.1, -0.05) is 0 Å². The fraction of sp³-hybridized carbons (Fsp3) is 0. The van der Waals surface area contributed by atoms with Crippen molar-refractivity contribution in [2.24, 2.45) is 0 Å². The predicted octanol–water partition coefficient (Wildman–Crippen LogP) is -2.93. The number of hydrogen-bond acceptors (Lipinski definition) is 12. The van der Waals surface area contributed by atoms with Gasteiger partial charge in [0, 0.05) is 53.5 Å². The summed E-state index contributed by atoms with van der Waals surface area (Å²) >= 11 is 0. The van der Waals surface area contributed by atoms with Gasteiger partial charge in [-0.25, -0.2) is 15.0 Å². The number of aromatic hydroxyl groups is 3. The summed E-state index contributed by atoms with van der Waals surface area (Å²) in [6.45, 7) is 0. The maximum absolute atomic E-state index is 10.1. The molecule has 3 heterocycles. The van der Waals surface area contributed by atoms with Gasteiger partial charge in [0.15, 0.2) is 0 Å². The average Bonchev–Trinajstić information content (AvgIpc) is 2.69. The normalized spacial score (nSPS) is 8.90. The smallest absolute Gasteiger partial charge is 0.545 e. The fourth-order valence-corrected chi connectivity index (χ4v) is 1.64. The Kier molecular flexibility index (Phi) is 11.3. The molecule has 0 aliphatic heterocycles. The van der Waals surface area contributed by atoms with Gasteiger partial charge in [0.05, 0.1) is 17.9 Å². The van der Waals surface area contributed by atoms with Crippen LogP contribution in [0.3, 0.4) is 0 Å². The van der Waals surface area contributed by atoms with E-state index in [9.17, 15) is 29.7 Å². The summed E-state index contributed by atoms with van der Waals surface area (Å²) in [7, 11) is 0. The molecule has 0 aromatic carbocycles. The van der Waals surface area contributed by atoms with Crippen LogP contribution in [0.5, 0.6) is 17.6 Å². The van der Waals surface area contributed by atoms with Crippen LogP contribution < -0.4 is 15.3 Å². The van der Waals surface area contributed by atoms with Gasteiger partial charge < -0.3 is 45.0 Å². The monoisotopic (exact) mass is 441 g/mol. The molecular weight excluding hydrogens is 429 g/mol. The van der Waals surface area contributed by atoms with Crippen LogP contribution in [-0.4, -0.2) is 65.5 Å². The molecule has 3 aromatic heterocycles. The quantitative estimate of drug-likeness (QED) is 0.348. The molecule has 0 aliphatic carbocycles. The fourth-order valence-electron chi connectivity index (χ4n) is 1.64. The van der Waals surface area contributed by atoms with E-state index in [1.807, 2.05) is 0 Å². The van der Waals surface area contributed by atoms with Crippen molar-refractivity contribution >= 4 is 35.3 Å². The number of pyridine rings is 3. The number of carbonyl (C=O) groups is 3. The summed E-state index contributed by atoms with van der Waals surface area (Å²) < 4.78 is 0. The average molecular weight is 441 g/mol. The van der Waals surface area contributed by atoms with Gasteiger partial charge in [-0.05, 0) is 18.2 Å². The molecule has 0 bridgehead atoms. The molecule has 3 N–H and O–H groups in total. The number of rotatable bonds is 3. The zero-order valence-corrected chi connectivity index (χ0v) is 16.6. The molecule has 0 atom stereocenters. The third-order valence-electron chi connectivity index (χ3n) is 2.94. The van der Waals surface area contributed by atoms with Crippen molar-refractivity contribution in [3.8, 4) is 17.6 Å². The predicted molar refractivity (Wildman–Crippen MR) is 96.5 cm³/mol. The Morgan fingerprint density at radius 2 is 0.806 bits per heavy atom. The Labute approximate surface area is 184 Å². The van der Waals surface area contributed by atoms with Crippen LogP contribution in [0.4, 0.5) is 0 Å². The van der Waals surface area contributed by atoms with Gasteiger partial charge >= 0.3 is 17.4 Å². The van der Waals surface area contributed by atoms with Gasteiger partial charge in [-0.15, -0.1) is 0 Å². The minimum absolute atomic E-state index is 0. The largest absolute Gasteiger partial charge is 3.00 e. The van der Waals surface area contributed by atoms with E-state index >= 15 is 0 Å². The number of aromatic nitrogens is 3. The van der Waals surface area contributed by atoms with E-state index in [0.717, 1.165) is 18.2 Å². The third kappa shape index (κ3) is 10.2. The molecular formula is C18H12AlN3O9. The van der Waals surface area contributed by atoms with Gasteiger partial charge in [0.25, 0.3) is 0 Å². The summed E-state index contributed by atoms with van der Waals surface area (Å²) in [5, 5.41) is 56.3. The molecule has 0 spiro atoms. The van der Waals surface area contributed by atoms with Gasteiger partial charge in [0.1, 0.15) is 0 Å². The minimum Gasteiger partial charge on any atom is -0.545 e. The van der Waals surface area contributed by atoms with Crippen LogP contribution in [-0.2, 0) is 0 Å². The Hall–Kier alpha value is -4.21. The van der Waals surface area contributed by atoms with Crippen molar-refractivity contribution < 1.29 is 45.0 Å². The first-order valence-electron chi connectivity index (χ1n) is 7.69. The van der Waals surface area contributed by atoms with E-state index in [0.29, 0.717) is 0 Å². The number of carbonyl (C=O) groups excluding carboxylic acids is 3. The van der Waals surface area contributed by atoms with Crippen LogP contribution in [0, 0.1) is 0 Å². The SMILES string of the molecule is O=C([O-])c1ccnc(O)c1.O=C([O-])c1ccnc(O)c1.O=C([O-])c1ccnc(O)c1.[Al+3]. The zero-order chi connectivity index (χ0) is 22.7. The van der Waals surface area contributed by atoms with Crippen LogP contribution in [0.25, 0.3) is 0 Å². The van der Waals surface area contributed by atoms with Crippen LogP contribution in [0.1, 0.15) is 31.1 Å². The number of carboxylic acids is 3. The zero-order valence-electron chi connectivity index (χ0n) is 15.4. The van der Waals surface area contributed by atoms with E-state index in [1.165, 1.54) is 36.8 Å². The Bertz CT molecular complexity index is 915. The number of carboxylic acid groups (broad SMARTS) is 3. The molecule has 3 aromatic rings. The van der Waals surface area contributed by atoms with Crippen molar-refractivity contribution in [3.05, 3.63) is 71.7 Å². The summed E-state index contributed by atoms with van der Waals surface area (Å²) in [5.41, 5.74) is -0.229. The van der Waals surface area contributed by atoms with Crippen molar-refractivity contribution in [2.45, 2.75) is 0 Å². The van der Waals surface area contributed by atoms with Gasteiger partial charge in [-0.2, -0.15) is 0 Å². The second-order valence-corrected chi connectivity index (χ2v) is 5.07. The Morgan fingerprint density at radius 1 is 0.581 bits per heavy atom. The first-order chi connectivity index (χ1) is 14.1. The number of aromatic carboxylic acids is 3. The first kappa shape index (κ1) is 26.8. The van der Waals surface area contributed by atoms with E-state index in [1.54, 1.807) is 0 Å². The van der Waals surface area contributed by atoms with E-state index < -0.39 is 17.9 Å². The summed E-state index contributed by atoms with van der Waals surface area (Å²) in [6, 6.07) is 6.80. The van der Waals surface area contributed by atoms with Gasteiger partial charge in [-0.3, -0.25) is 0 Å². The molecule has 0 saturated heterocycles. The van der Waals surface area contributed by atoms with Crippen LogP contribution in [0.15, 0.2) is 55.0 Å². The van der Waals surface area contributed by atoms with Gasteiger partial charge in [0.2, 0.25) is 17.6 Å². The molecule has 12 nitrogen and oxygen atoms in total. The van der Waals surface area contributed by atoms with Crippen molar-refractivity contribution in [1.29, 1.82) is 0 Å². The molecule has 0 saturated carbocycles. The second-order valence-electron chi connectivity index (χ2n) is 5.07. The van der Waals surface area contributed by atoms with E-state index in [2.05, 4.69) is 15.0 Å². The maximum atomic E-state index is 10.1. The summed E-state index contributed by atoms with van der Waals surface area (Å²) in [6.07, 6.45) is 3.58. The van der Waals surface area contributed by atoms with Crippen LogP contribution in [0.2, 0.25) is 0 Å². The number of nitrogens with zero attached hydrogens (tertiary/aromatic N) is 3. The van der Waals surface area contributed by atoms with Crippen LogP contribution >= 0.6 is 0 Å². The molecule has 13 heteroatoms. The first-order valence-corrected chi connectivity index (χ1v) is 7.69. The van der Waals surface area contributed by atoms with Crippen molar-refractivity contribution in [3.63, 3.8) is 0 Å². The summed E-state index contributed by atoms with van der Waals surface area (Å²) in [4.78, 5) is 40.5.